The molecule has 0 bridgehead atoms. The smallest absolute Gasteiger partial charge is 0.267 e. The van der Waals surface area contributed by atoms with Crippen LogP contribution in [0.25, 0.3) is 6.08 Å². The summed E-state index contributed by atoms with van der Waals surface area (Å²) in [6.07, 6.45) is 3.63. The highest BCUT2D eigenvalue weighted by Gasteiger charge is 2.33. The Morgan fingerprint density at radius 3 is 2.50 bits per heavy atom. The second-order valence-corrected chi connectivity index (χ2v) is 8.68. The first kappa shape index (κ1) is 22.1. The van der Waals surface area contributed by atoms with Gasteiger partial charge in [0.15, 0.2) is 11.5 Å². The maximum absolute atomic E-state index is 12.9. The Hall–Kier alpha value is -3.68. The minimum Gasteiger partial charge on any atom is -0.496 e. The van der Waals surface area contributed by atoms with Crippen molar-refractivity contribution in [3.63, 3.8) is 0 Å². The van der Waals surface area contributed by atoms with Gasteiger partial charge in [0.25, 0.3) is 5.91 Å². The average molecular weight is 465 g/mol. The Kier molecular flexibility index (Phi) is 6.04. The molecule has 0 N–H and O–H groups in total. The normalized spacial score (nSPS) is 21.2. The Balaban J connectivity index is 1.17. The van der Waals surface area contributed by atoms with E-state index in [1.54, 1.807) is 35.1 Å². The molecular formula is C26H28N2O6. The van der Waals surface area contributed by atoms with E-state index in [0.717, 1.165) is 23.3 Å². The molecule has 3 aliphatic heterocycles. The molecule has 2 aromatic carbocycles. The minimum atomic E-state index is -0.672. The molecular weight excluding hydrogens is 436 g/mol. The van der Waals surface area contributed by atoms with Crippen LogP contribution in [0.5, 0.6) is 23.0 Å². The number of benzene rings is 2. The van der Waals surface area contributed by atoms with E-state index in [-0.39, 0.29) is 24.5 Å². The van der Waals surface area contributed by atoms with Crippen molar-refractivity contribution in [1.29, 1.82) is 0 Å². The molecule has 1 fully saturated rings. The second kappa shape index (κ2) is 9.29. The minimum absolute atomic E-state index is 0.102. The number of nitrogens with zero attached hydrogens (tertiary/aromatic N) is 2. The molecule has 0 unspecified atom stereocenters. The van der Waals surface area contributed by atoms with Crippen molar-refractivity contribution in [2.45, 2.75) is 25.6 Å². The Morgan fingerprint density at radius 2 is 1.74 bits per heavy atom. The van der Waals surface area contributed by atoms with Crippen molar-refractivity contribution in [1.82, 2.24) is 9.80 Å². The molecule has 2 aromatic rings. The van der Waals surface area contributed by atoms with E-state index in [2.05, 4.69) is 0 Å². The predicted octanol–water partition coefficient (Wildman–Crippen LogP) is 2.54. The fourth-order valence-electron chi connectivity index (χ4n) is 4.52. The van der Waals surface area contributed by atoms with Crippen LogP contribution in [0.15, 0.2) is 42.5 Å². The van der Waals surface area contributed by atoms with Crippen LogP contribution < -0.4 is 18.9 Å². The standard InChI is InChI=1S/C26H28N2O6/c1-17-13-19-15-22(31-2)18(14-23(19)33-17)7-8-25(29)27-9-11-28(12-10-27)26(30)24-16-32-20-5-3-4-6-21(20)34-24/h3-8,14-15,17,24H,9-13,16H2,1-2H3/b8-7+/t17-,24+/m0/s1. The number of methoxy groups -OCH3 is 1. The molecule has 8 nitrogen and oxygen atoms in total. The highest BCUT2D eigenvalue weighted by atomic mass is 16.6. The average Bonchev–Trinajstić information content (AvgIpc) is 3.24. The van der Waals surface area contributed by atoms with Gasteiger partial charge in [0.05, 0.1) is 7.11 Å². The second-order valence-electron chi connectivity index (χ2n) is 8.68. The van der Waals surface area contributed by atoms with Crippen LogP contribution in [0.2, 0.25) is 0 Å². The highest BCUT2D eigenvalue weighted by Crippen LogP contribution is 2.35. The Morgan fingerprint density at radius 1 is 1.00 bits per heavy atom. The van der Waals surface area contributed by atoms with Crippen LogP contribution in [0.4, 0.5) is 0 Å². The van der Waals surface area contributed by atoms with Gasteiger partial charge in [-0.25, -0.2) is 0 Å². The number of hydrogen-bond donors (Lipinski definition) is 0. The van der Waals surface area contributed by atoms with Crippen molar-refractivity contribution in [3.05, 3.63) is 53.6 Å². The lowest BCUT2D eigenvalue weighted by Gasteiger charge is -2.36. The molecule has 0 saturated carbocycles. The van der Waals surface area contributed by atoms with E-state index in [9.17, 15) is 9.59 Å². The number of carbonyl (C=O) groups is 2. The first-order chi connectivity index (χ1) is 16.5. The molecule has 1 saturated heterocycles. The first-order valence-corrected chi connectivity index (χ1v) is 11.5. The molecule has 0 aromatic heterocycles. The van der Waals surface area contributed by atoms with E-state index in [1.807, 2.05) is 37.3 Å². The van der Waals surface area contributed by atoms with Gasteiger partial charge >= 0.3 is 0 Å². The summed E-state index contributed by atoms with van der Waals surface area (Å²) in [6.45, 7) is 4.04. The van der Waals surface area contributed by atoms with Crippen LogP contribution in [0, 0.1) is 0 Å². The van der Waals surface area contributed by atoms with Crippen molar-refractivity contribution in [3.8, 4) is 23.0 Å². The maximum atomic E-state index is 12.9. The SMILES string of the molecule is COc1cc2c(cc1/C=C/C(=O)N1CCN(C(=O)[C@H]3COc4ccccc4O3)CC1)O[C@@H](C)C2. The number of carbonyl (C=O) groups excluding carboxylic acids is 2. The van der Waals surface area contributed by atoms with Gasteiger partial charge in [-0.3, -0.25) is 9.59 Å². The van der Waals surface area contributed by atoms with Crippen molar-refractivity contribution in [2.75, 3.05) is 39.9 Å². The molecule has 3 aliphatic rings. The van der Waals surface area contributed by atoms with Gasteiger partial charge in [-0.2, -0.15) is 0 Å². The van der Waals surface area contributed by atoms with Gasteiger partial charge in [-0.05, 0) is 37.3 Å². The molecule has 5 rings (SSSR count). The monoisotopic (exact) mass is 464 g/mol. The van der Waals surface area contributed by atoms with E-state index >= 15 is 0 Å². The third-order valence-corrected chi connectivity index (χ3v) is 6.34. The van der Waals surface area contributed by atoms with Gasteiger partial charge < -0.3 is 28.7 Å². The number of hydrogen-bond acceptors (Lipinski definition) is 6. The largest absolute Gasteiger partial charge is 0.496 e. The molecule has 2 amide bonds. The lowest BCUT2D eigenvalue weighted by molar-refractivity contribution is -0.145. The lowest BCUT2D eigenvalue weighted by atomic mass is 10.1. The van der Waals surface area contributed by atoms with Crippen molar-refractivity contribution < 1.29 is 28.5 Å². The van der Waals surface area contributed by atoms with Gasteiger partial charge in [0.2, 0.25) is 12.0 Å². The molecule has 8 heteroatoms. The maximum Gasteiger partial charge on any atom is 0.267 e. The first-order valence-electron chi connectivity index (χ1n) is 11.5. The van der Waals surface area contributed by atoms with E-state index < -0.39 is 6.10 Å². The summed E-state index contributed by atoms with van der Waals surface area (Å²) >= 11 is 0. The zero-order chi connectivity index (χ0) is 23.7. The number of amides is 2. The summed E-state index contributed by atoms with van der Waals surface area (Å²) in [7, 11) is 1.62. The third-order valence-electron chi connectivity index (χ3n) is 6.34. The van der Waals surface area contributed by atoms with Gasteiger partial charge in [0.1, 0.15) is 24.2 Å². The summed E-state index contributed by atoms with van der Waals surface area (Å²) in [4.78, 5) is 29.2. The molecule has 178 valence electrons. The van der Waals surface area contributed by atoms with Crippen molar-refractivity contribution in [2.24, 2.45) is 0 Å². The quantitative estimate of drug-likeness (QED) is 0.648. The van der Waals surface area contributed by atoms with Crippen LogP contribution in [-0.4, -0.2) is 73.7 Å². The van der Waals surface area contributed by atoms with Crippen LogP contribution in [0.3, 0.4) is 0 Å². The topological polar surface area (TPSA) is 77.5 Å². The number of para-hydroxylation sites is 2. The molecule has 2 atom stereocenters. The molecule has 0 radical (unpaired) electrons. The summed E-state index contributed by atoms with van der Waals surface area (Å²) in [6, 6.07) is 11.2. The summed E-state index contributed by atoms with van der Waals surface area (Å²) < 4.78 is 22.8. The van der Waals surface area contributed by atoms with Crippen molar-refractivity contribution >= 4 is 17.9 Å². The Bertz CT molecular complexity index is 1120. The fraction of sp³-hybridized carbons (Fsp3) is 0.385. The van der Waals surface area contributed by atoms with Gasteiger partial charge in [0, 0.05) is 49.8 Å². The summed E-state index contributed by atoms with van der Waals surface area (Å²) in [5.41, 5.74) is 1.91. The van der Waals surface area contributed by atoms with Crippen LogP contribution in [0.1, 0.15) is 18.1 Å². The number of fused-ring (bicyclic) bond motifs is 2. The van der Waals surface area contributed by atoms with Gasteiger partial charge in [-0.1, -0.05) is 12.1 Å². The summed E-state index contributed by atoms with van der Waals surface area (Å²) in [5, 5.41) is 0. The predicted molar refractivity (Wildman–Crippen MR) is 125 cm³/mol. The molecule has 0 spiro atoms. The number of rotatable bonds is 4. The Labute approximate surface area is 198 Å². The molecule has 3 heterocycles. The zero-order valence-corrected chi connectivity index (χ0v) is 19.4. The molecule has 0 aliphatic carbocycles. The third kappa shape index (κ3) is 4.40. The lowest BCUT2D eigenvalue weighted by Crippen LogP contribution is -2.54. The van der Waals surface area contributed by atoms with E-state index in [4.69, 9.17) is 18.9 Å². The number of ether oxygens (including phenoxy) is 4. The zero-order valence-electron chi connectivity index (χ0n) is 19.4. The van der Waals surface area contributed by atoms with E-state index in [1.165, 1.54) is 0 Å². The van der Waals surface area contributed by atoms with Crippen LogP contribution >= 0.6 is 0 Å². The fourth-order valence-corrected chi connectivity index (χ4v) is 4.52. The van der Waals surface area contributed by atoms with Crippen LogP contribution in [-0.2, 0) is 16.0 Å². The van der Waals surface area contributed by atoms with E-state index in [0.29, 0.717) is 43.4 Å². The molecule has 34 heavy (non-hydrogen) atoms. The summed E-state index contributed by atoms with van der Waals surface area (Å²) in [5.74, 6) is 2.56. The number of piperazine rings is 1. The van der Waals surface area contributed by atoms with Gasteiger partial charge in [-0.15, -0.1) is 0 Å². The highest BCUT2D eigenvalue weighted by molar-refractivity contribution is 5.92.